The van der Waals surface area contributed by atoms with Gasteiger partial charge in [0.1, 0.15) is 5.75 Å². The van der Waals surface area contributed by atoms with Crippen LogP contribution < -0.4 is 10.1 Å². The number of ether oxygens (including phenoxy) is 1. The molecule has 4 nitrogen and oxygen atoms in total. The minimum absolute atomic E-state index is 0.153. The second-order valence-corrected chi connectivity index (χ2v) is 5.95. The van der Waals surface area contributed by atoms with Gasteiger partial charge in [-0.1, -0.05) is 29.8 Å². The first-order valence-corrected chi connectivity index (χ1v) is 8.01. The second kappa shape index (κ2) is 6.62. The summed E-state index contributed by atoms with van der Waals surface area (Å²) >= 11 is 1.40. The summed E-state index contributed by atoms with van der Waals surface area (Å²) in [6.07, 6.45) is 0. The van der Waals surface area contributed by atoms with Crippen molar-refractivity contribution in [2.45, 2.75) is 6.92 Å². The molecule has 0 fully saturated rings. The molecule has 1 N–H and O–H groups in total. The molecule has 0 unspecified atom stereocenters. The van der Waals surface area contributed by atoms with Crippen LogP contribution >= 0.6 is 11.3 Å². The molecule has 0 spiro atoms. The molecule has 1 heterocycles. The third-order valence-corrected chi connectivity index (χ3v) is 4.13. The van der Waals surface area contributed by atoms with Crippen LogP contribution in [0.5, 0.6) is 5.75 Å². The van der Waals surface area contributed by atoms with Crippen LogP contribution in [-0.4, -0.2) is 18.0 Å². The number of thiazole rings is 1. The van der Waals surface area contributed by atoms with Gasteiger partial charge in [-0.05, 0) is 31.2 Å². The highest BCUT2D eigenvalue weighted by Gasteiger charge is 2.10. The van der Waals surface area contributed by atoms with Crippen LogP contribution in [0.15, 0.2) is 53.9 Å². The number of anilines is 1. The van der Waals surface area contributed by atoms with Gasteiger partial charge in [-0.2, -0.15) is 0 Å². The maximum Gasteiger partial charge on any atom is 0.257 e. The molecule has 0 aliphatic carbocycles. The Bertz CT molecular complexity index is 842. The molecule has 1 aromatic heterocycles. The van der Waals surface area contributed by atoms with E-state index < -0.39 is 0 Å². The van der Waals surface area contributed by atoms with E-state index in [-0.39, 0.29) is 5.91 Å². The topological polar surface area (TPSA) is 51.2 Å². The SMILES string of the molecule is COc1cccc(-c2csc(NC(=O)c3cccc(C)c3)n2)c1. The number of nitrogens with zero attached hydrogens (tertiary/aromatic N) is 1. The van der Waals surface area contributed by atoms with Gasteiger partial charge in [0.15, 0.2) is 5.13 Å². The van der Waals surface area contributed by atoms with E-state index in [0.29, 0.717) is 10.7 Å². The molecule has 2 aromatic carbocycles. The van der Waals surface area contributed by atoms with Crippen molar-refractivity contribution in [3.63, 3.8) is 0 Å². The molecule has 3 aromatic rings. The molecule has 0 saturated carbocycles. The molecule has 0 atom stereocenters. The fourth-order valence-corrected chi connectivity index (χ4v) is 2.92. The summed E-state index contributed by atoms with van der Waals surface area (Å²) < 4.78 is 5.22. The Kier molecular flexibility index (Phi) is 4.39. The molecule has 0 saturated heterocycles. The van der Waals surface area contributed by atoms with Gasteiger partial charge >= 0.3 is 0 Å². The average molecular weight is 324 g/mol. The normalized spacial score (nSPS) is 10.3. The molecular formula is C18H16N2O2S. The van der Waals surface area contributed by atoms with Crippen molar-refractivity contribution in [3.8, 4) is 17.0 Å². The van der Waals surface area contributed by atoms with Gasteiger partial charge in [-0.3, -0.25) is 10.1 Å². The zero-order valence-electron chi connectivity index (χ0n) is 12.9. The van der Waals surface area contributed by atoms with Crippen LogP contribution in [0.25, 0.3) is 11.3 Å². The lowest BCUT2D eigenvalue weighted by Crippen LogP contribution is -2.11. The number of amides is 1. The van der Waals surface area contributed by atoms with Crippen LogP contribution in [0.1, 0.15) is 15.9 Å². The second-order valence-electron chi connectivity index (χ2n) is 5.09. The minimum Gasteiger partial charge on any atom is -0.497 e. The summed E-state index contributed by atoms with van der Waals surface area (Å²) in [5, 5.41) is 5.34. The first kappa shape index (κ1) is 15.2. The van der Waals surface area contributed by atoms with E-state index in [1.807, 2.05) is 54.8 Å². The van der Waals surface area contributed by atoms with E-state index in [2.05, 4.69) is 10.3 Å². The molecule has 1 amide bonds. The number of hydrogen-bond donors (Lipinski definition) is 1. The van der Waals surface area contributed by atoms with Gasteiger partial charge in [0.25, 0.3) is 5.91 Å². The Labute approximate surface area is 138 Å². The van der Waals surface area contributed by atoms with Gasteiger partial charge < -0.3 is 4.74 Å². The van der Waals surface area contributed by atoms with Gasteiger partial charge in [0.2, 0.25) is 0 Å². The molecule has 0 radical (unpaired) electrons. The number of aromatic nitrogens is 1. The quantitative estimate of drug-likeness (QED) is 0.775. The Morgan fingerprint density at radius 1 is 1.17 bits per heavy atom. The van der Waals surface area contributed by atoms with Crippen LogP contribution in [-0.2, 0) is 0 Å². The number of aryl methyl sites for hydroxylation is 1. The highest BCUT2D eigenvalue weighted by molar-refractivity contribution is 7.14. The van der Waals surface area contributed by atoms with Gasteiger partial charge in [0.05, 0.1) is 12.8 Å². The van der Waals surface area contributed by atoms with Crippen LogP contribution in [0.4, 0.5) is 5.13 Å². The van der Waals surface area contributed by atoms with E-state index >= 15 is 0 Å². The Balaban J connectivity index is 1.78. The highest BCUT2D eigenvalue weighted by Crippen LogP contribution is 2.27. The molecule has 116 valence electrons. The summed E-state index contributed by atoms with van der Waals surface area (Å²) in [4.78, 5) is 16.7. The van der Waals surface area contributed by atoms with Gasteiger partial charge in [-0.15, -0.1) is 11.3 Å². The van der Waals surface area contributed by atoms with E-state index in [1.54, 1.807) is 13.2 Å². The fourth-order valence-electron chi connectivity index (χ4n) is 2.20. The zero-order valence-corrected chi connectivity index (χ0v) is 13.7. The number of carbonyl (C=O) groups is 1. The third kappa shape index (κ3) is 3.57. The summed E-state index contributed by atoms with van der Waals surface area (Å²) in [5.41, 5.74) is 3.45. The molecule has 23 heavy (non-hydrogen) atoms. The third-order valence-electron chi connectivity index (χ3n) is 3.37. The van der Waals surface area contributed by atoms with Crippen molar-refractivity contribution in [3.05, 3.63) is 65.0 Å². The first-order valence-electron chi connectivity index (χ1n) is 7.13. The lowest BCUT2D eigenvalue weighted by molar-refractivity contribution is 0.102. The highest BCUT2D eigenvalue weighted by atomic mass is 32.1. The lowest BCUT2D eigenvalue weighted by Gasteiger charge is -2.03. The van der Waals surface area contributed by atoms with Crippen molar-refractivity contribution in [2.75, 3.05) is 12.4 Å². The number of methoxy groups -OCH3 is 1. The summed E-state index contributed by atoms with van der Waals surface area (Å²) in [5.74, 6) is 0.626. The molecular weight excluding hydrogens is 308 g/mol. The monoisotopic (exact) mass is 324 g/mol. The molecule has 3 rings (SSSR count). The average Bonchev–Trinajstić information content (AvgIpc) is 3.03. The summed E-state index contributed by atoms with van der Waals surface area (Å²) in [7, 11) is 1.63. The molecule has 0 aliphatic heterocycles. The largest absolute Gasteiger partial charge is 0.497 e. The lowest BCUT2D eigenvalue weighted by atomic mass is 10.1. The van der Waals surface area contributed by atoms with Crippen LogP contribution in [0.2, 0.25) is 0 Å². The summed E-state index contributed by atoms with van der Waals surface area (Å²) in [6.45, 7) is 1.96. The van der Waals surface area contributed by atoms with Crippen molar-refractivity contribution in [2.24, 2.45) is 0 Å². The van der Waals surface area contributed by atoms with E-state index in [1.165, 1.54) is 11.3 Å². The maximum atomic E-state index is 12.2. The Hall–Kier alpha value is -2.66. The Morgan fingerprint density at radius 3 is 2.78 bits per heavy atom. The van der Waals surface area contributed by atoms with E-state index in [9.17, 15) is 4.79 Å². The molecule has 0 bridgehead atoms. The predicted octanol–water partition coefficient (Wildman–Crippen LogP) is 4.38. The number of hydrogen-bond acceptors (Lipinski definition) is 4. The summed E-state index contributed by atoms with van der Waals surface area (Å²) in [6, 6.07) is 15.2. The van der Waals surface area contributed by atoms with Crippen LogP contribution in [0, 0.1) is 6.92 Å². The zero-order chi connectivity index (χ0) is 16.2. The first-order chi connectivity index (χ1) is 11.2. The number of benzene rings is 2. The van der Waals surface area contributed by atoms with E-state index in [4.69, 9.17) is 4.74 Å². The smallest absolute Gasteiger partial charge is 0.257 e. The maximum absolute atomic E-state index is 12.2. The van der Waals surface area contributed by atoms with Gasteiger partial charge in [0, 0.05) is 16.5 Å². The van der Waals surface area contributed by atoms with Crippen molar-refractivity contribution < 1.29 is 9.53 Å². The fraction of sp³-hybridized carbons (Fsp3) is 0.111. The number of rotatable bonds is 4. The van der Waals surface area contributed by atoms with E-state index in [0.717, 1.165) is 22.6 Å². The van der Waals surface area contributed by atoms with Crippen molar-refractivity contribution >= 4 is 22.4 Å². The molecule has 0 aliphatic rings. The predicted molar refractivity (Wildman–Crippen MR) is 93.2 cm³/mol. The number of nitrogens with one attached hydrogen (secondary N) is 1. The van der Waals surface area contributed by atoms with Gasteiger partial charge in [-0.25, -0.2) is 4.98 Å². The Morgan fingerprint density at radius 2 is 2.00 bits per heavy atom. The van der Waals surface area contributed by atoms with Crippen molar-refractivity contribution in [1.29, 1.82) is 0 Å². The van der Waals surface area contributed by atoms with Crippen molar-refractivity contribution in [1.82, 2.24) is 4.98 Å². The van der Waals surface area contributed by atoms with Crippen LogP contribution in [0.3, 0.4) is 0 Å². The minimum atomic E-state index is -0.153. The molecule has 5 heteroatoms. The number of carbonyl (C=O) groups excluding carboxylic acids is 1. The standard InChI is InChI=1S/C18H16N2O2S/c1-12-5-3-7-14(9-12)17(21)20-18-19-16(11-23-18)13-6-4-8-15(10-13)22-2/h3-11H,1-2H3,(H,19,20,21).